The maximum atomic E-state index is 11.9. The Morgan fingerprint density at radius 2 is 2.22 bits per heavy atom. The molecule has 0 radical (unpaired) electrons. The Balaban J connectivity index is 2.02. The molecule has 1 aromatic heterocycles. The number of amides is 1. The molecule has 18 heavy (non-hydrogen) atoms. The van der Waals surface area contributed by atoms with Crippen LogP contribution in [0.25, 0.3) is 0 Å². The summed E-state index contributed by atoms with van der Waals surface area (Å²) in [6.45, 7) is 2.46. The zero-order valence-corrected chi connectivity index (χ0v) is 10.9. The van der Waals surface area contributed by atoms with Crippen molar-refractivity contribution in [3.8, 4) is 0 Å². The molecule has 0 aliphatic carbocycles. The summed E-state index contributed by atoms with van der Waals surface area (Å²) in [5, 5.41) is 6.90. The van der Waals surface area contributed by atoms with Gasteiger partial charge in [0.05, 0.1) is 5.69 Å². The molecule has 0 aliphatic rings. The van der Waals surface area contributed by atoms with Crippen LogP contribution in [-0.4, -0.2) is 5.91 Å². The molecule has 94 valence electrons. The van der Waals surface area contributed by atoms with E-state index in [0.717, 1.165) is 16.8 Å². The van der Waals surface area contributed by atoms with Crippen molar-refractivity contribution < 1.29 is 4.79 Å². The van der Waals surface area contributed by atoms with Gasteiger partial charge in [-0.15, -0.1) is 0 Å². The van der Waals surface area contributed by atoms with Gasteiger partial charge in [-0.25, -0.2) is 0 Å². The van der Waals surface area contributed by atoms with E-state index in [1.165, 1.54) is 0 Å². The molecule has 0 atom stereocenters. The Morgan fingerprint density at radius 3 is 2.83 bits per heavy atom. The van der Waals surface area contributed by atoms with E-state index in [0.29, 0.717) is 12.1 Å². The van der Waals surface area contributed by atoms with E-state index in [4.69, 9.17) is 5.84 Å². The standard InChI is InChI=1S/C13H15N3OS/c1-9-6-11(2-3-12(9)16-14)13(17)15-7-10-4-5-18-8-10/h2-6,8,16H,7,14H2,1H3,(H,15,17). The molecule has 0 aliphatic heterocycles. The molecule has 2 aromatic rings. The summed E-state index contributed by atoms with van der Waals surface area (Å²) in [7, 11) is 0. The van der Waals surface area contributed by atoms with Gasteiger partial charge < -0.3 is 10.7 Å². The first-order chi connectivity index (χ1) is 8.70. The number of hydrogen-bond donors (Lipinski definition) is 3. The van der Waals surface area contributed by atoms with E-state index in [1.54, 1.807) is 23.5 Å². The van der Waals surface area contributed by atoms with Crippen LogP contribution in [0.2, 0.25) is 0 Å². The van der Waals surface area contributed by atoms with Gasteiger partial charge in [0, 0.05) is 12.1 Å². The number of anilines is 1. The van der Waals surface area contributed by atoms with Crippen LogP contribution in [0.1, 0.15) is 21.5 Å². The highest BCUT2D eigenvalue weighted by molar-refractivity contribution is 7.07. The van der Waals surface area contributed by atoms with Gasteiger partial charge in [-0.2, -0.15) is 11.3 Å². The Bertz CT molecular complexity index is 537. The molecule has 0 bridgehead atoms. The van der Waals surface area contributed by atoms with Crippen molar-refractivity contribution in [2.45, 2.75) is 13.5 Å². The number of nitrogen functional groups attached to an aromatic ring is 1. The van der Waals surface area contributed by atoms with Crippen LogP contribution in [-0.2, 0) is 6.54 Å². The molecule has 2 rings (SSSR count). The van der Waals surface area contributed by atoms with Gasteiger partial charge in [0.1, 0.15) is 0 Å². The number of benzene rings is 1. The van der Waals surface area contributed by atoms with E-state index in [1.807, 2.05) is 29.8 Å². The van der Waals surface area contributed by atoms with Crippen molar-refractivity contribution in [1.29, 1.82) is 0 Å². The van der Waals surface area contributed by atoms with E-state index >= 15 is 0 Å². The third-order valence-electron chi connectivity index (χ3n) is 2.68. The zero-order valence-electron chi connectivity index (χ0n) is 10.1. The van der Waals surface area contributed by atoms with Crippen molar-refractivity contribution >= 4 is 22.9 Å². The third kappa shape index (κ3) is 2.88. The molecule has 0 spiro atoms. The first-order valence-corrected chi connectivity index (χ1v) is 6.51. The average molecular weight is 261 g/mol. The molecule has 0 fully saturated rings. The molecule has 4 nitrogen and oxygen atoms in total. The predicted molar refractivity (Wildman–Crippen MR) is 74.5 cm³/mol. The average Bonchev–Trinajstić information content (AvgIpc) is 2.89. The van der Waals surface area contributed by atoms with Gasteiger partial charge in [-0.05, 0) is 53.1 Å². The minimum atomic E-state index is -0.0760. The highest BCUT2D eigenvalue weighted by Gasteiger charge is 2.07. The predicted octanol–water partition coefficient (Wildman–Crippen LogP) is 2.27. The lowest BCUT2D eigenvalue weighted by Crippen LogP contribution is -2.22. The second-order valence-corrected chi connectivity index (χ2v) is 4.77. The van der Waals surface area contributed by atoms with Crippen LogP contribution >= 0.6 is 11.3 Å². The van der Waals surface area contributed by atoms with Gasteiger partial charge >= 0.3 is 0 Å². The lowest BCUT2D eigenvalue weighted by molar-refractivity contribution is 0.0951. The Labute approximate surface area is 110 Å². The van der Waals surface area contributed by atoms with E-state index < -0.39 is 0 Å². The molecule has 1 aromatic carbocycles. The van der Waals surface area contributed by atoms with Crippen LogP contribution in [0.5, 0.6) is 0 Å². The fraction of sp³-hybridized carbons (Fsp3) is 0.154. The van der Waals surface area contributed by atoms with Crippen LogP contribution < -0.4 is 16.6 Å². The summed E-state index contributed by atoms with van der Waals surface area (Å²) in [5.41, 5.74) is 6.11. The minimum absolute atomic E-state index is 0.0760. The summed E-state index contributed by atoms with van der Waals surface area (Å²) in [6, 6.07) is 7.37. The topological polar surface area (TPSA) is 67.2 Å². The maximum Gasteiger partial charge on any atom is 0.251 e. The second kappa shape index (κ2) is 5.66. The lowest BCUT2D eigenvalue weighted by Gasteiger charge is -2.08. The molecule has 1 heterocycles. The quantitative estimate of drug-likeness (QED) is 0.584. The number of aryl methyl sites for hydroxylation is 1. The van der Waals surface area contributed by atoms with Crippen LogP contribution in [0, 0.1) is 6.92 Å². The summed E-state index contributed by atoms with van der Waals surface area (Å²) in [5.74, 6) is 5.27. The fourth-order valence-corrected chi connectivity index (χ4v) is 2.31. The summed E-state index contributed by atoms with van der Waals surface area (Å²) < 4.78 is 0. The molecular weight excluding hydrogens is 246 g/mol. The number of nitrogens with one attached hydrogen (secondary N) is 2. The van der Waals surface area contributed by atoms with Gasteiger partial charge in [0.2, 0.25) is 0 Å². The van der Waals surface area contributed by atoms with Crippen molar-refractivity contribution in [3.63, 3.8) is 0 Å². The molecular formula is C13H15N3OS. The molecule has 0 saturated heterocycles. The fourth-order valence-electron chi connectivity index (χ4n) is 1.64. The number of carbonyl (C=O) groups excluding carboxylic acids is 1. The second-order valence-electron chi connectivity index (χ2n) is 3.99. The number of hydrogen-bond acceptors (Lipinski definition) is 4. The molecule has 0 unspecified atom stereocenters. The van der Waals surface area contributed by atoms with Gasteiger partial charge in [0.15, 0.2) is 0 Å². The Kier molecular flexibility index (Phi) is 3.96. The molecule has 0 saturated carbocycles. The zero-order chi connectivity index (χ0) is 13.0. The largest absolute Gasteiger partial charge is 0.348 e. The molecule has 1 amide bonds. The van der Waals surface area contributed by atoms with Crippen LogP contribution in [0.15, 0.2) is 35.0 Å². The number of hydrazine groups is 1. The first-order valence-electron chi connectivity index (χ1n) is 5.57. The first kappa shape index (κ1) is 12.6. The molecule has 4 N–H and O–H groups in total. The third-order valence-corrected chi connectivity index (χ3v) is 3.41. The van der Waals surface area contributed by atoms with Crippen LogP contribution in [0.4, 0.5) is 5.69 Å². The van der Waals surface area contributed by atoms with Gasteiger partial charge in [-0.3, -0.25) is 10.6 Å². The number of nitrogens with two attached hydrogens (primary N) is 1. The summed E-state index contributed by atoms with van der Waals surface area (Å²) >= 11 is 1.62. The smallest absolute Gasteiger partial charge is 0.251 e. The normalized spacial score (nSPS) is 10.1. The van der Waals surface area contributed by atoms with Gasteiger partial charge in [0.25, 0.3) is 5.91 Å². The molecule has 5 heteroatoms. The summed E-state index contributed by atoms with van der Waals surface area (Å²) in [4.78, 5) is 11.9. The van der Waals surface area contributed by atoms with Crippen molar-refractivity contribution in [3.05, 3.63) is 51.7 Å². The van der Waals surface area contributed by atoms with E-state index in [2.05, 4.69) is 10.7 Å². The van der Waals surface area contributed by atoms with Gasteiger partial charge in [-0.1, -0.05) is 0 Å². The number of carbonyl (C=O) groups is 1. The highest BCUT2D eigenvalue weighted by atomic mass is 32.1. The number of thiophene rings is 1. The van der Waals surface area contributed by atoms with E-state index in [-0.39, 0.29) is 5.91 Å². The Morgan fingerprint density at radius 1 is 1.39 bits per heavy atom. The number of rotatable bonds is 4. The van der Waals surface area contributed by atoms with Crippen molar-refractivity contribution in [2.24, 2.45) is 5.84 Å². The monoisotopic (exact) mass is 261 g/mol. The minimum Gasteiger partial charge on any atom is -0.348 e. The lowest BCUT2D eigenvalue weighted by atomic mass is 10.1. The SMILES string of the molecule is Cc1cc(C(=O)NCc2ccsc2)ccc1NN. The highest BCUT2D eigenvalue weighted by Crippen LogP contribution is 2.15. The summed E-state index contributed by atoms with van der Waals surface area (Å²) in [6.07, 6.45) is 0. The maximum absolute atomic E-state index is 11.9. The van der Waals surface area contributed by atoms with Crippen molar-refractivity contribution in [1.82, 2.24) is 5.32 Å². The van der Waals surface area contributed by atoms with Crippen LogP contribution in [0.3, 0.4) is 0 Å². The van der Waals surface area contributed by atoms with Crippen molar-refractivity contribution in [2.75, 3.05) is 5.43 Å². The van der Waals surface area contributed by atoms with E-state index in [9.17, 15) is 4.79 Å². The Hall–Kier alpha value is -1.85.